The summed E-state index contributed by atoms with van der Waals surface area (Å²) >= 11 is 0. The van der Waals surface area contributed by atoms with Crippen LogP contribution in [0.15, 0.2) is 89.7 Å². The van der Waals surface area contributed by atoms with Gasteiger partial charge in [-0.1, -0.05) is 72.8 Å². The molecule has 31 heavy (non-hydrogen) atoms. The number of aromatic nitrogens is 2. The number of likely N-dealkylation sites (tertiary alicyclic amines) is 1. The lowest BCUT2D eigenvalue weighted by atomic mass is 9.84. The average molecular weight is 409 g/mol. The fraction of sp³-hybridized carbons (Fsp3) is 0.192. The number of H-pyrrole nitrogens is 1. The maximum Gasteiger partial charge on any atom is 0.280 e. The predicted molar refractivity (Wildman–Crippen MR) is 121 cm³/mol. The zero-order valence-electron chi connectivity index (χ0n) is 17.1. The smallest absolute Gasteiger partial charge is 0.280 e. The lowest BCUT2D eigenvalue weighted by molar-refractivity contribution is 0.0717. The van der Waals surface area contributed by atoms with Gasteiger partial charge >= 0.3 is 0 Å². The SMILES string of the molecule is O=C(c1nc2ccccc2[nH]c1=O)N1CCCC1C(c1ccccc1)c1ccccc1. The Balaban J connectivity index is 1.56. The predicted octanol–water partition coefficient (Wildman–Crippen LogP) is 4.36. The summed E-state index contributed by atoms with van der Waals surface area (Å²) in [5.41, 5.74) is 3.10. The van der Waals surface area contributed by atoms with E-state index < -0.39 is 5.56 Å². The first-order valence-electron chi connectivity index (χ1n) is 10.6. The van der Waals surface area contributed by atoms with Crippen molar-refractivity contribution in [3.63, 3.8) is 0 Å². The first kappa shape index (κ1) is 19.2. The van der Waals surface area contributed by atoms with Crippen LogP contribution < -0.4 is 5.56 Å². The zero-order chi connectivity index (χ0) is 21.2. The first-order chi connectivity index (χ1) is 15.2. The maximum atomic E-state index is 13.5. The van der Waals surface area contributed by atoms with E-state index in [1.807, 2.05) is 53.4 Å². The second-order valence-corrected chi connectivity index (χ2v) is 7.94. The van der Waals surface area contributed by atoms with Crippen LogP contribution in [0.5, 0.6) is 0 Å². The highest BCUT2D eigenvalue weighted by Crippen LogP contribution is 2.36. The van der Waals surface area contributed by atoms with Crippen LogP contribution in [0, 0.1) is 0 Å². The van der Waals surface area contributed by atoms with Gasteiger partial charge in [0.1, 0.15) is 0 Å². The average Bonchev–Trinajstić information content (AvgIpc) is 3.29. The van der Waals surface area contributed by atoms with Crippen molar-refractivity contribution >= 4 is 16.9 Å². The van der Waals surface area contributed by atoms with Crippen molar-refractivity contribution in [3.8, 4) is 0 Å². The maximum absolute atomic E-state index is 13.5. The van der Waals surface area contributed by atoms with Crippen molar-refractivity contribution in [3.05, 3.63) is 112 Å². The molecule has 3 aromatic carbocycles. The van der Waals surface area contributed by atoms with E-state index >= 15 is 0 Å². The first-order valence-corrected chi connectivity index (χ1v) is 10.6. The van der Waals surface area contributed by atoms with Crippen LogP contribution in [0.2, 0.25) is 0 Å². The second-order valence-electron chi connectivity index (χ2n) is 7.94. The van der Waals surface area contributed by atoms with Gasteiger partial charge in [-0.2, -0.15) is 0 Å². The van der Waals surface area contributed by atoms with Crippen LogP contribution in [-0.4, -0.2) is 33.4 Å². The molecule has 5 nitrogen and oxygen atoms in total. The molecule has 0 bridgehead atoms. The molecule has 1 aliphatic heterocycles. The van der Waals surface area contributed by atoms with Crippen molar-refractivity contribution in [1.29, 1.82) is 0 Å². The number of nitrogens with zero attached hydrogens (tertiary/aromatic N) is 2. The van der Waals surface area contributed by atoms with Crippen LogP contribution in [-0.2, 0) is 0 Å². The quantitative estimate of drug-likeness (QED) is 0.545. The summed E-state index contributed by atoms with van der Waals surface area (Å²) in [6.07, 6.45) is 1.78. The molecule has 2 heterocycles. The van der Waals surface area contributed by atoms with E-state index in [-0.39, 0.29) is 23.6 Å². The Morgan fingerprint density at radius 1 is 0.903 bits per heavy atom. The van der Waals surface area contributed by atoms with E-state index in [0.29, 0.717) is 17.6 Å². The number of para-hydroxylation sites is 2. The van der Waals surface area contributed by atoms with Gasteiger partial charge in [0, 0.05) is 18.5 Å². The van der Waals surface area contributed by atoms with E-state index in [0.717, 1.165) is 12.8 Å². The Morgan fingerprint density at radius 2 is 1.52 bits per heavy atom. The number of hydrogen-bond acceptors (Lipinski definition) is 3. The van der Waals surface area contributed by atoms with Gasteiger partial charge in [0.15, 0.2) is 5.69 Å². The molecule has 1 amide bonds. The zero-order valence-corrected chi connectivity index (χ0v) is 17.1. The number of carbonyl (C=O) groups is 1. The van der Waals surface area contributed by atoms with Gasteiger partial charge in [-0.15, -0.1) is 0 Å². The molecule has 4 aromatic rings. The largest absolute Gasteiger partial charge is 0.333 e. The molecule has 1 aromatic heterocycles. The molecule has 0 radical (unpaired) electrons. The molecule has 5 rings (SSSR count). The number of hydrogen-bond donors (Lipinski definition) is 1. The molecule has 1 fully saturated rings. The van der Waals surface area contributed by atoms with Crippen molar-refractivity contribution in [2.24, 2.45) is 0 Å². The summed E-state index contributed by atoms with van der Waals surface area (Å²) in [6, 6.07) is 27.8. The Labute approximate surface area is 180 Å². The number of carbonyl (C=O) groups excluding carboxylic acids is 1. The molecule has 0 aliphatic carbocycles. The van der Waals surface area contributed by atoms with E-state index in [1.165, 1.54) is 11.1 Å². The molecular formula is C26H23N3O2. The van der Waals surface area contributed by atoms with Crippen LogP contribution >= 0.6 is 0 Å². The van der Waals surface area contributed by atoms with Gasteiger partial charge in [-0.25, -0.2) is 4.98 Å². The Hall–Kier alpha value is -3.73. The van der Waals surface area contributed by atoms with Gasteiger partial charge in [0.05, 0.1) is 11.0 Å². The highest BCUT2D eigenvalue weighted by molar-refractivity contribution is 5.94. The number of amides is 1. The summed E-state index contributed by atoms with van der Waals surface area (Å²) in [6.45, 7) is 0.619. The molecule has 0 spiro atoms. The summed E-state index contributed by atoms with van der Waals surface area (Å²) < 4.78 is 0. The molecule has 1 unspecified atom stereocenters. The summed E-state index contributed by atoms with van der Waals surface area (Å²) in [7, 11) is 0. The topological polar surface area (TPSA) is 66.1 Å². The van der Waals surface area contributed by atoms with Crippen molar-refractivity contribution < 1.29 is 4.79 Å². The van der Waals surface area contributed by atoms with Crippen molar-refractivity contribution in [2.75, 3.05) is 6.54 Å². The lowest BCUT2D eigenvalue weighted by Crippen LogP contribution is -2.42. The van der Waals surface area contributed by atoms with E-state index in [4.69, 9.17) is 0 Å². The molecule has 154 valence electrons. The number of nitrogens with one attached hydrogen (secondary N) is 1. The Morgan fingerprint density at radius 3 is 2.19 bits per heavy atom. The molecule has 5 heteroatoms. The minimum Gasteiger partial charge on any atom is -0.333 e. The second kappa shape index (κ2) is 8.19. The number of benzene rings is 3. The third-order valence-corrected chi connectivity index (χ3v) is 6.06. The van der Waals surface area contributed by atoms with E-state index in [2.05, 4.69) is 34.2 Å². The van der Waals surface area contributed by atoms with E-state index in [9.17, 15) is 9.59 Å². The Bertz CT molecular complexity index is 1230. The number of rotatable bonds is 4. The van der Waals surface area contributed by atoms with E-state index in [1.54, 1.807) is 12.1 Å². The van der Waals surface area contributed by atoms with Crippen molar-refractivity contribution in [2.45, 2.75) is 24.8 Å². The normalized spacial score (nSPS) is 16.2. The third kappa shape index (κ3) is 3.63. The molecule has 1 saturated heterocycles. The van der Waals surface area contributed by atoms with Gasteiger partial charge in [-0.05, 0) is 36.1 Å². The fourth-order valence-corrected chi connectivity index (χ4v) is 4.66. The third-order valence-electron chi connectivity index (χ3n) is 6.06. The van der Waals surface area contributed by atoms with Crippen LogP contribution in [0.4, 0.5) is 0 Å². The van der Waals surface area contributed by atoms with Gasteiger partial charge in [-0.3, -0.25) is 9.59 Å². The fourth-order valence-electron chi connectivity index (χ4n) is 4.66. The molecule has 1 aliphatic rings. The number of fused-ring (bicyclic) bond motifs is 1. The molecule has 1 N–H and O–H groups in total. The van der Waals surface area contributed by atoms with Gasteiger partial charge < -0.3 is 9.88 Å². The molecule has 1 atom stereocenters. The summed E-state index contributed by atoms with van der Waals surface area (Å²) in [4.78, 5) is 35.3. The minimum absolute atomic E-state index is 0.0355. The van der Waals surface area contributed by atoms with Crippen LogP contribution in [0.3, 0.4) is 0 Å². The molecular weight excluding hydrogens is 386 g/mol. The Kier molecular flexibility index (Phi) is 5.08. The minimum atomic E-state index is -0.440. The summed E-state index contributed by atoms with van der Waals surface area (Å²) in [5, 5.41) is 0. The van der Waals surface area contributed by atoms with Crippen molar-refractivity contribution in [1.82, 2.24) is 14.9 Å². The van der Waals surface area contributed by atoms with Crippen LogP contribution in [0.1, 0.15) is 40.4 Å². The highest BCUT2D eigenvalue weighted by Gasteiger charge is 2.38. The van der Waals surface area contributed by atoms with Gasteiger partial charge in [0.25, 0.3) is 11.5 Å². The molecule has 0 saturated carbocycles. The summed E-state index contributed by atoms with van der Waals surface area (Å²) in [5.74, 6) is -0.264. The monoisotopic (exact) mass is 409 g/mol. The lowest BCUT2D eigenvalue weighted by Gasteiger charge is -2.32. The number of aromatic amines is 1. The standard InChI is InChI=1S/C26H23N3O2/c30-25-24(27-20-14-7-8-15-21(20)28-25)26(31)29-17-9-16-22(29)23(18-10-3-1-4-11-18)19-12-5-2-6-13-19/h1-8,10-15,22-23H,9,16-17H2,(H,28,30). The highest BCUT2D eigenvalue weighted by atomic mass is 16.2. The van der Waals surface area contributed by atoms with Gasteiger partial charge in [0.2, 0.25) is 0 Å². The van der Waals surface area contributed by atoms with Crippen LogP contribution in [0.25, 0.3) is 11.0 Å².